The highest BCUT2D eigenvalue weighted by molar-refractivity contribution is 6.43. The quantitative estimate of drug-likeness (QED) is 0.451. The van der Waals surface area contributed by atoms with E-state index in [2.05, 4.69) is 5.32 Å². The second-order valence-corrected chi connectivity index (χ2v) is 4.63. The van der Waals surface area contributed by atoms with Crippen LogP contribution in [0.3, 0.4) is 0 Å². The van der Waals surface area contributed by atoms with Crippen LogP contribution in [-0.4, -0.2) is 16.9 Å². The van der Waals surface area contributed by atoms with Crippen molar-refractivity contribution in [1.82, 2.24) is 0 Å². The number of halogens is 3. The van der Waals surface area contributed by atoms with Crippen molar-refractivity contribution in [3.8, 4) is 5.75 Å². The molecule has 0 aliphatic heterocycles. The molecule has 0 spiro atoms. The van der Waals surface area contributed by atoms with E-state index in [0.29, 0.717) is 11.6 Å². The molecule has 0 aromatic heterocycles. The van der Waals surface area contributed by atoms with Gasteiger partial charge >= 0.3 is 11.8 Å². The number of carbonyl (C=O) groups is 2. The predicted octanol–water partition coefficient (Wildman–Crippen LogP) is 2.70. The lowest BCUT2D eigenvalue weighted by Gasteiger charge is -2.10. The molecular weight excluding hydrogens is 313 g/mol. The van der Waals surface area contributed by atoms with Crippen LogP contribution in [0.2, 0.25) is 0 Å². The van der Waals surface area contributed by atoms with Crippen LogP contribution in [0, 0.1) is 24.4 Å². The molecule has 120 valence electrons. The molecule has 5 nitrogen and oxygen atoms in total. The Kier molecular flexibility index (Phi) is 4.54. The number of anilines is 2. The summed E-state index contributed by atoms with van der Waals surface area (Å²) in [6.07, 6.45) is 0. The average molecular weight is 324 g/mol. The summed E-state index contributed by atoms with van der Waals surface area (Å²) in [5, 5.41) is 13.4. The number of hydrogen-bond acceptors (Lipinski definition) is 3. The van der Waals surface area contributed by atoms with E-state index in [1.165, 1.54) is 18.2 Å². The highest BCUT2D eigenvalue weighted by Crippen LogP contribution is 2.21. The van der Waals surface area contributed by atoms with Crippen LogP contribution in [0.4, 0.5) is 24.5 Å². The van der Waals surface area contributed by atoms with Gasteiger partial charge in [-0.2, -0.15) is 0 Å². The summed E-state index contributed by atoms with van der Waals surface area (Å²) in [4.78, 5) is 23.4. The molecule has 3 N–H and O–H groups in total. The molecule has 0 aliphatic rings. The lowest BCUT2D eigenvalue weighted by molar-refractivity contribution is -0.133. The number of rotatable bonds is 2. The van der Waals surface area contributed by atoms with Crippen molar-refractivity contribution in [3.63, 3.8) is 0 Å². The smallest absolute Gasteiger partial charge is 0.314 e. The molecule has 0 aliphatic carbocycles. The lowest BCUT2D eigenvalue weighted by atomic mass is 10.2. The van der Waals surface area contributed by atoms with Gasteiger partial charge in [-0.05, 0) is 42.8 Å². The Morgan fingerprint density at radius 2 is 1.48 bits per heavy atom. The van der Waals surface area contributed by atoms with Gasteiger partial charge in [0.05, 0.1) is 5.69 Å². The van der Waals surface area contributed by atoms with E-state index in [9.17, 15) is 27.9 Å². The number of nitrogens with one attached hydrogen (secondary N) is 2. The highest BCUT2D eigenvalue weighted by atomic mass is 19.2. The molecule has 0 saturated heterocycles. The van der Waals surface area contributed by atoms with Gasteiger partial charge in [0.25, 0.3) is 0 Å². The number of phenolic OH excluding ortho intramolecular Hbond substituents is 1. The molecule has 2 aromatic carbocycles. The second kappa shape index (κ2) is 6.39. The predicted molar refractivity (Wildman–Crippen MR) is 76.4 cm³/mol. The van der Waals surface area contributed by atoms with E-state index in [1.807, 2.05) is 5.32 Å². The van der Waals surface area contributed by atoms with Crippen molar-refractivity contribution in [2.75, 3.05) is 10.6 Å². The maximum absolute atomic E-state index is 13.4. The number of carbonyl (C=O) groups excluding carboxylic acids is 2. The zero-order valence-corrected chi connectivity index (χ0v) is 11.8. The topological polar surface area (TPSA) is 78.4 Å². The summed E-state index contributed by atoms with van der Waals surface area (Å²) in [6, 6.07) is 5.45. The van der Waals surface area contributed by atoms with Gasteiger partial charge in [0.15, 0.2) is 17.5 Å². The second-order valence-electron chi connectivity index (χ2n) is 4.63. The Morgan fingerprint density at radius 3 is 2.09 bits per heavy atom. The molecule has 0 radical (unpaired) electrons. The summed E-state index contributed by atoms with van der Waals surface area (Å²) in [6.45, 7) is 1.59. The van der Waals surface area contributed by atoms with Crippen LogP contribution in [0.5, 0.6) is 5.75 Å². The maximum atomic E-state index is 13.4. The zero-order valence-electron chi connectivity index (χ0n) is 11.8. The third-order valence-electron chi connectivity index (χ3n) is 2.95. The fourth-order valence-electron chi connectivity index (χ4n) is 1.77. The van der Waals surface area contributed by atoms with E-state index >= 15 is 0 Å². The fraction of sp³-hybridized carbons (Fsp3) is 0.0667. The van der Waals surface area contributed by atoms with Crippen LogP contribution in [0.15, 0.2) is 30.3 Å². The third kappa shape index (κ3) is 3.60. The minimum atomic E-state index is -1.75. The van der Waals surface area contributed by atoms with Gasteiger partial charge in [0.2, 0.25) is 0 Å². The lowest BCUT2D eigenvalue weighted by Crippen LogP contribution is -2.29. The molecule has 0 atom stereocenters. The van der Waals surface area contributed by atoms with E-state index in [-0.39, 0.29) is 11.4 Å². The minimum absolute atomic E-state index is 0.0196. The van der Waals surface area contributed by atoms with Crippen LogP contribution < -0.4 is 10.6 Å². The van der Waals surface area contributed by atoms with Crippen molar-refractivity contribution in [2.45, 2.75) is 6.92 Å². The monoisotopic (exact) mass is 324 g/mol. The SMILES string of the molecule is Cc1cc(O)ccc1NC(=O)C(=O)Nc1ccc(F)c(F)c1F. The first-order valence-electron chi connectivity index (χ1n) is 6.35. The van der Waals surface area contributed by atoms with Gasteiger partial charge in [-0.25, -0.2) is 13.2 Å². The molecule has 0 heterocycles. The summed E-state index contributed by atoms with van der Waals surface area (Å²) < 4.78 is 39.3. The molecule has 0 fully saturated rings. The summed E-state index contributed by atoms with van der Waals surface area (Å²) in [7, 11) is 0. The van der Waals surface area contributed by atoms with E-state index in [4.69, 9.17) is 0 Å². The first kappa shape index (κ1) is 16.3. The van der Waals surface area contributed by atoms with Crippen LogP contribution >= 0.6 is 0 Å². The van der Waals surface area contributed by atoms with E-state index in [0.717, 1.165) is 6.07 Å². The molecule has 0 bridgehead atoms. The first-order valence-corrected chi connectivity index (χ1v) is 6.35. The molecular formula is C15H11F3N2O3. The Bertz CT molecular complexity index is 794. The van der Waals surface area contributed by atoms with Crippen LogP contribution in [0.25, 0.3) is 0 Å². The number of aromatic hydroxyl groups is 1. The number of amides is 2. The van der Waals surface area contributed by atoms with Crippen LogP contribution in [-0.2, 0) is 9.59 Å². The number of hydrogen-bond donors (Lipinski definition) is 3. The standard InChI is InChI=1S/C15H11F3N2O3/c1-7-6-8(21)2-4-10(7)19-14(22)15(23)20-11-5-3-9(16)12(17)13(11)18/h2-6,21H,1H3,(H,19,22)(H,20,23). The molecule has 2 rings (SSSR count). The average Bonchev–Trinajstić information content (AvgIpc) is 2.50. The zero-order chi connectivity index (χ0) is 17.1. The molecule has 8 heteroatoms. The normalized spacial score (nSPS) is 10.3. The Labute approximate surface area is 128 Å². The van der Waals surface area contributed by atoms with Crippen molar-refractivity contribution in [3.05, 3.63) is 53.3 Å². The van der Waals surface area contributed by atoms with Crippen molar-refractivity contribution in [2.24, 2.45) is 0 Å². The van der Waals surface area contributed by atoms with Gasteiger partial charge in [-0.1, -0.05) is 0 Å². The van der Waals surface area contributed by atoms with Gasteiger partial charge in [-0.15, -0.1) is 0 Å². The fourth-order valence-corrected chi connectivity index (χ4v) is 1.77. The van der Waals surface area contributed by atoms with E-state index < -0.39 is 35.0 Å². The molecule has 0 unspecified atom stereocenters. The van der Waals surface area contributed by atoms with Gasteiger partial charge in [-0.3, -0.25) is 9.59 Å². The summed E-state index contributed by atoms with van der Waals surface area (Å²) in [5.41, 5.74) is 0.0883. The number of benzene rings is 2. The summed E-state index contributed by atoms with van der Waals surface area (Å²) in [5.74, 6) is -7.19. The Hall–Kier alpha value is -3.03. The van der Waals surface area contributed by atoms with Crippen molar-refractivity contribution in [1.29, 1.82) is 0 Å². The number of phenols is 1. The highest BCUT2D eigenvalue weighted by Gasteiger charge is 2.19. The Morgan fingerprint density at radius 1 is 0.913 bits per heavy atom. The molecule has 23 heavy (non-hydrogen) atoms. The van der Waals surface area contributed by atoms with Crippen molar-refractivity contribution < 1.29 is 27.9 Å². The number of aryl methyl sites for hydroxylation is 1. The summed E-state index contributed by atoms with van der Waals surface area (Å²) >= 11 is 0. The largest absolute Gasteiger partial charge is 0.508 e. The van der Waals surface area contributed by atoms with Gasteiger partial charge in [0, 0.05) is 5.69 Å². The first-order chi connectivity index (χ1) is 10.8. The molecule has 2 aromatic rings. The maximum Gasteiger partial charge on any atom is 0.314 e. The van der Waals surface area contributed by atoms with E-state index in [1.54, 1.807) is 6.92 Å². The van der Waals surface area contributed by atoms with Crippen LogP contribution in [0.1, 0.15) is 5.56 Å². The Balaban J connectivity index is 2.12. The van der Waals surface area contributed by atoms with Crippen molar-refractivity contribution >= 4 is 23.2 Å². The van der Waals surface area contributed by atoms with Gasteiger partial charge in [0.1, 0.15) is 5.75 Å². The molecule has 2 amide bonds. The third-order valence-corrected chi connectivity index (χ3v) is 2.95. The molecule has 0 saturated carbocycles. The van der Waals surface area contributed by atoms with Gasteiger partial charge < -0.3 is 15.7 Å². The minimum Gasteiger partial charge on any atom is -0.508 e.